The minimum Gasteiger partial charge on any atom is -0.478 e. The Bertz CT molecular complexity index is 1140. The van der Waals surface area contributed by atoms with Crippen molar-refractivity contribution in [2.75, 3.05) is 14.2 Å². The Balaban J connectivity index is 1.91. The van der Waals surface area contributed by atoms with Crippen molar-refractivity contribution in [2.45, 2.75) is 51.4 Å². The van der Waals surface area contributed by atoms with Crippen LogP contribution in [0.1, 0.15) is 60.2 Å². The molecule has 1 heterocycles. The van der Waals surface area contributed by atoms with E-state index >= 15 is 0 Å². The number of hydrogen-bond donors (Lipinski definition) is 1. The average Bonchev–Trinajstić information content (AvgIpc) is 3.27. The first-order valence-electron chi connectivity index (χ1n) is 11.4. The topological polar surface area (TPSA) is 86.5 Å². The molecule has 178 valence electrons. The van der Waals surface area contributed by atoms with Crippen LogP contribution >= 0.6 is 0 Å². The van der Waals surface area contributed by atoms with Crippen molar-refractivity contribution in [3.63, 3.8) is 0 Å². The smallest absolute Gasteiger partial charge is 0.336 e. The highest BCUT2D eigenvalue weighted by Crippen LogP contribution is 2.30. The Hall–Kier alpha value is -3.47. The lowest BCUT2D eigenvalue weighted by Crippen LogP contribution is -2.32. The normalized spacial score (nSPS) is 11.4. The molecule has 0 radical (unpaired) electrons. The summed E-state index contributed by atoms with van der Waals surface area (Å²) in [5.74, 6) is 1.97. The summed E-state index contributed by atoms with van der Waals surface area (Å²) < 4.78 is 13.3. The third-order valence-corrected chi connectivity index (χ3v) is 5.86. The second-order valence-corrected chi connectivity index (χ2v) is 8.03. The van der Waals surface area contributed by atoms with Gasteiger partial charge >= 0.3 is 5.97 Å². The van der Waals surface area contributed by atoms with Gasteiger partial charge in [-0.2, -0.15) is 0 Å². The Morgan fingerprint density at radius 2 is 1.85 bits per heavy atom. The number of unbranched alkanes of at least 4 members (excludes halogenated alkanes) is 1. The minimum absolute atomic E-state index is 0.273. The lowest BCUT2D eigenvalue weighted by atomic mass is 9.99. The van der Waals surface area contributed by atoms with E-state index in [4.69, 9.17) is 26.0 Å². The van der Waals surface area contributed by atoms with Gasteiger partial charge in [-0.1, -0.05) is 55.8 Å². The number of carboxylic acid groups (broad SMARTS) is 1. The number of ether oxygens (including phenoxy) is 2. The Kier molecular flexibility index (Phi) is 8.58. The monoisotopic (exact) mass is 461 g/mol. The summed E-state index contributed by atoms with van der Waals surface area (Å²) in [7, 11) is 3.21. The van der Waals surface area contributed by atoms with Gasteiger partial charge in [-0.05, 0) is 29.2 Å². The molecule has 0 unspecified atom stereocenters. The van der Waals surface area contributed by atoms with Crippen molar-refractivity contribution in [2.24, 2.45) is 0 Å². The highest BCUT2D eigenvalue weighted by atomic mass is 16.7. The molecule has 0 aliphatic rings. The van der Waals surface area contributed by atoms with Crippen molar-refractivity contribution < 1.29 is 19.4 Å². The number of rotatable bonds is 12. The van der Waals surface area contributed by atoms with Crippen LogP contribution in [0, 0.1) is 12.3 Å². The SMILES string of the molecule is C#CCCc1nc(C(CCCC)(OC)OC)nn1Cc1ccc(-c2ccccc2C(=O)O)cc1. The summed E-state index contributed by atoms with van der Waals surface area (Å²) >= 11 is 0. The second kappa shape index (κ2) is 11.6. The summed E-state index contributed by atoms with van der Waals surface area (Å²) in [4.78, 5) is 16.3. The van der Waals surface area contributed by atoms with Crippen LogP contribution in [0.15, 0.2) is 48.5 Å². The second-order valence-electron chi connectivity index (χ2n) is 8.03. The maximum absolute atomic E-state index is 11.6. The number of benzene rings is 2. The van der Waals surface area contributed by atoms with E-state index in [1.165, 1.54) is 0 Å². The molecule has 1 aromatic heterocycles. The Morgan fingerprint density at radius 3 is 2.47 bits per heavy atom. The van der Waals surface area contributed by atoms with E-state index in [1.54, 1.807) is 26.4 Å². The fourth-order valence-corrected chi connectivity index (χ4v) is 3.91. The molecule has 7 heteroatoms. The standard InChI is InChI=1S/C27H31N3O4/c1-5-7-13-24-28-26(27(33-3,34-4)18-8-6-2)29-30(24)19-20-14-16-21(17-15-20)22-11-9-10-12-23(22)25(31)32/h1,9-12,14-17H,6-8,13,18-19H2,2-4H3,(H,31,32). The molecule has 0 bridgehead atoms. The third-order valence-electron chi connectivity index (χ3n) is 5.86. The van der Waals surface area contributed by atoms with E-state index in [2.05, 4.69) is 12.8 Å². The van der Waals surface area contributed by atoms with Gasteiger partial charge in [0.1, 0.15) is 5.82 Å². The zero-order chi connectivity index (χ0) is 24.6. The van der Waals surface area contributed by atoms with Crippen LogP contribution in [0.3, 0.4) is 0 Å². The van der Waals surface area contributed by atoms with E-state index < -0.39 is 11.8 Å². The summed E-state index contributed by atoms with van der Waals surface area (Å²) in [5.41, 5.74) is 2.80. The molecule has 0 amide bonds. The average molecular weight is 462 g/mol. The number of aromatic nitrogens is 3. The van der Waals surface area contributed by atoms with Crippen LogP contribution < -0.4 is 0 Å². The highest BCUT2D eigenvalue weighted by Gasteiger charge is 2.37. The van der Waals surface area contributed by atoms with Crippen LogP contribution in [-0.4, -0.2) is 40.1 Å². The molecule has 3 rings (SSSR count). The summed E-state index contributed by atoms with van der Waals surface area (Å²) in [6.07, 6.45) is 9.19. The number of aromatic carboxylic acids is 1. The van der Waals surface area contributed by atoms with E-state index in [0.29, 0.717) is 37.2 Å². The molecule has 34 heavy (non-hydrogen) atoms. The molecule has 0 saturated carbocycles. The molecule has 1 N–H and O–H groups in total. The van der Waals surface area contributed by atoms with Crippen LogP contribution in [0.4, 0.5) is 0 Å². The van der Waals surface area contributed by atoms with Crippen LogP contribution in [0.5, 0.6) is 0 Å². The molecular formula is C27H31N3O4. The number of hydrogen-bond acceptors (Lipinski definition) is 5. The molecule has 0 aliphatic carbocycles. The van der Waals surface area contributed by atoms with Crippen LogP contribution in [0.25, 0.3) is 11.1 Å². The maximum atomic E-state index is 11.6. The first-order chi connectivity index (χ1) is 16.5. The van der Waals surface area contributed by atoms with Crippen molar-refractivity contribution in [3.05, 3.63) is 71.3 Å². The molecule has 0 aliphatic heterocycles. The third kappa shape index (κ3) is 5.53. The first-order valence-corrected chi connectivity index (χ1v) is 11.4. The number of carboxylic acids is 1. The van der Waals surface area contributed by atoms with Crippen molar-refractivity contribution in [3.8, 4) is 23.5 Å². The molecule has 0 spiro atoms. The van der Waals surface area contributed by atoms with Crippen molar-refractivity contribution in [1.82, 2.24) is 14.8 Å². The molecule has 0 fully saturated rings. The van der Waals surface area contributed by atoms with Gasteiger partial charge in [0.05, 0.1) is 12.1 Å². The van der Waals surface area contributed by atoms with E-state index in [0.717, 1.165) is 29.8 Å². The summed E-state index contributed by atoms with van der Waals surface area (Å²) in [5, 5.41) is 14.2. The van der Waals surface area contributed by atoms with Gasteiger partial charge < -0.3 is 14.6 Å². The lowest BCUT2D eigenvalue weighted by molar-refractivity contribution is -0.226. The summed E-state index contributed by atoms with van der Waals surface area (Å²) in [6.45, 7) is 2.60. The Morgan fingerprint density at radius 1 is 1.15 bits per heavy atom. The van der Waals surface area contributed by atoms with Gasteiger partial charge in [-0.25, -0.2) is 14.5 Å². The number of nitrogens with zero attached hydrogens (tertiary/aromatic N) is 3. The maximum Gasteiger partial charge on any atom is 0.336 e. The zero-order valence-corrected chi connectivity index (χ0v) is 20.0. The number of carbonyl (C=O) groups is 1. The van der Waals surface area contributed by atoms with Crippen molar-refractivity contribution in [1.29, 1.82) is 0 Å². The molecule has 2 aromatic carbocycles. The molecule has 3 aromatic rings. The van der Waals surface area contributed by atoms with E-state index in [-0.39, 0.29) is 5.56 Å². The van der Waals surface area contributed by atoms with Gasteiger partial charge in [0, 0.05) is 33.5 Å². The number of methoxy groups -OCH3 is 2. The van der Waals surface area contributed by atoms with Gasteiger partial charge in [-0.15, -0.1) is 17.4 Å². The predicted molar refractivity (Wildman–Crippen MR) is 130 cm³/mol. The molecule has 7 nitrogen and oxygen atoms in total. The van der Waals surface area contributed by atoms with Gasteiger partial charge in [0.15, 0.2) is 0 Å². The molecule has 0 saturated heterocycles. The Labute approximate surface area is 200 Å². The largest absolute Gasteiger partial charge is 0.478 e. The number of terminal acetylenes is 1. The molecule has 0 atom stereocenters. The van der Waals surface area contributed by atoms with E-state index in [1.807, 2.05) is 41.1 Å². The quantitative estimate of drug-likeness (QED) is 0.305. The van der Waals surface area contributed by atoms with Gasteiger partial charge in [0.25, 0.3) is 0 Å². The first kappa shape index (κ1) is 25.2. The fourth-order valence-electron chi connectivity index (χ4n) is 3.91. The van der Waals surface area contributed by atoms with Crippen molar-refractivity contribution >= 4 is 5.97 Å². The summed E-state index contributed by atoms with van der Waals surface area (Å²) in [6, 6.07) is 14.8. The van der Waals surface area contributed by atoms with Gasteiger partial charge in [-0.3, -0.25) is 0 Å². The fraction of sp³-hybridized carbons (Fsp3) is 0.370. The minimum atomic E-state index is -1.00. The van der Waals surface area contributed by atoms with Crippen LogP contribution in [0.2, 0.25) is 0 Å². The molecular weight excluding hydrogens is 430 g/mol. The number of aryl methyl sites for hydroxylation is 1. The highest BCUT2D eigenvalue weighted by molar-refractivity contribution is 5.95. The van der Waals surface area contributed by atoms with Crippen LogP contribution in [-0.2, 0) is 28.2 Å². The van der Waals surface area contributed by atoms with E-state index in [9.17, 15) is 9.90 Å². The predicted octanol–water partition coefficient (Wildman–Crippen LogP) is 4.89. The lowest BCUT2D eigenvalue weighted by Gasteiger charge is -2.27. The zero-order valence-electron chi connectivity index (χ0n) is 20.0. The van der Waals surface area contributed by atoms with Gasteiger partial charge in [0.2, 0.25) is 11.6 Å².